The molecule has 174 valence electrons. The second kappa shape index (κ2) is 17.5. The zero-order valence-corrected chi connectivity index (χ0v) is 21.7. The molecule has 1 atom stereocenters. The first-order valence-corrected chi connectivity index (χ1v) is 11.0. The molecule has 0 aliphatic carbocycles. The van der Waals surface area contributed by atoms with Gasteiger partial charge in [0, 0.05) is 26.2 Å². The third kappa shape index (κ3) is 11.8. The van der Waals surface area contributed by atoms with Crippen LogP contribution in [0.3, 0.4) is 0 Å². The zero-order chi connectivity index (χ0) is 21.5. The minimum absolute atomic E-state index is 0. The Labute approximate surface area is 200 Å². The highest BCUT2D eigenvalue weighted by molar-refractivity contribution is 14.0. The lowest BCUT2D eigenvalue weighted by Crippen LogP contribution is -2.38. The maximum absolute atomic E-state index is 9.29. The van der Waals surface area contributed by atoms with Gasteiger partial charge in [0.25, 0.3) is 0 Å². The van der Waals surface area contributed by atoms with Crippen LogP contribution >= 0.6 is 24.0 Å². The molecule has 0 fully saturated rings. The van der Waals surface area contributed by atoms with Crippen molar-refractivity contribution in [2.45, 2.75) is 53.4 Å². The second-order valence-corrected chi connectivity index (χ2v) is 7.68. The van der Waals surface area contributed by atoms with Gasteiger partial charge >= 0.3 is 0 Å². The van der Waals surface area contributed by atoms with E-state index >= 15 is 0 Å². The first kappa shape index (κ1) is 28.8. The largest absolute Gasteiger partial charge is 0.493 e. The van der Waals surface area contributed by atoms with Crippen molar-refractivity contribution in [3.05, 3.63) is 23.8 Å². The van der Waals surface area contributed by atoms with Gasteiger partial charge in [-0.25, -0.2) is 0 Å². The molecule has 30 heavy (non-hydrogen) atoms. The van der Waals surface area contributed by atoms with Gasteiger partial charge in [0.2, 0.25) is 0 Å². The van der Waals surface area contributed by atoms with Gasteiger partial charge in [-0.3, -0.25) is 4.99 Å². The number of aliphatic hydroxyl groups excluding tert-OH is 1. The maximum atomic E-state index is 9.29. The number of ether oxygens (including phenoxy) is 2. The number of methoxy groups -OCH3 is 1. The van der Waals surface area contributed by atoms with Crippen molar-refractivity contribution in [2.75, 3.05) is 40.0 Å². The summed E-state index contributed by atoms with van der Waals surface area (Å²) in [6.07, 6.45) is 3.84. The van der Waals surface area contributed by atoms with Crippen molar-refractivity contribution in [3.63, 3.8) is 0 Å². The highest BCUT2D eigenvalue weighted by atomic mass is 127. The quantitative estimate of drug-likeness (QED) is 0.144. The van der Waals surface area contributed by atoms with Gasteiger partial charge in [-0.15, -0.1) is 24.0 Å². The number of hydrogen-bond donors (Lipinski definition) is 3. The van der Waals surface area contributed by atoms with Gasteiger partial charge in [-0.05, 0) is 69.1 Å². The Morgan fingerprint density at radius 2 is 1.93 bits per heavy atom. The Kier molecular flexibility index (Phi) is 16.7. The van der Waals surface area contributed by atoms with E-state index < -0.39 is 0 Å². The average Bonchev–Trinajstić information content (AvgIpc) is 2.69. The summed E-state index contributed by atoms with van der Waals surface area (Å²) in [7, 11) is 1.66. The molecule has 0 bridgehead atoms. The SMILES string of the molecule is CCNC(=NCC(CCO)CC(C)C)NCCCc1ccc(OC)c(OCC)c1.I. The molecule has 0 saturated heterocycles. The van der Waals surface area contributed by atoms with E-state index in [1.807, 2.05) is 13.0 Å². The van der Waals surface area contributed by atoms with Crippen LogP contribution in [0.25, 0.3) is 0 Å². The fraction of sp³-hybridized carbons (Fsp3) is 0.696. The van der Waals surface area contributed by atoms with Crippen LogP contribution in [0.4, 0.5) is 0 Å². The normalized spacial score (nSPS) is 12.3. The highest BCUT2D eigenvalue weighted by Gasteiger charge is 2.11. The average molecular weight is 536 g/mol. The van der Waals surface area contributed by atoms with Crippen LogP contribution in [0.2, 0.25) is 0 Å². The smallest absolute Gasteiger partial charge is 0.191 e. The monoisotopic (exact) mass is 535 g/mol. The van der Waals surface area contributed by atoms with Gasteiger partial charge in [0.05, 0.1) is 13.7 Å². The highest BCUT2D eigenvalue weighted by Crippen LogP contribution is 2.28. The summed E-state index contributed by atoms with van der Waals surface area (Å²) in [6.45, 7) is 11.7. The number of aliphatic imine (C=N–C) groups is 1. The third-order valence-electron chi connectivity index (χ3n) is 4.66. The molecule has 3 N–H and O–H groups in total. The lowest BCUT2D eigenvalue weighted by molar-refractivity contribution is 0.245. The van der Waals surface area contributed by atoms with Crippen LogP contribution in [0.5, 0.6) is 11.5 Å². The molecule has 0 spiro atoms. The van der Waals surface area contributed by atoms with E-state index in [1.54, 1.807) is 7.11 Å². The van der Waals surface area contributed by atoms with Gasteiger partial charge in [-0.1, -0.05) is 19.9 Å². The number of halogens is 1. The summed E-state index contributed by atoms with van der Waals surface area (Å²) in [5.74, 6) is 3.46. The number of nitrogens with zero attached hydrogens (tertiary/aromatic N) is 1. The minimum Gasteiger partial charge on any atom is -0.493 e. The van der Waals surface area contributed by atoms with E-state index in [0.29, 0.717) is 18.4 Å². The van der Waals surface area contributed by atoms with E-state index in [1.165, 1.54) is 5.56 Å². The minimum atomic E-state index is 0. The van der Waals surface area contributed by atoms with Crippen molar-refractivity contribution in [3.8, 4) is 11.5 Å². The van der Waals surface area contributed by atoms with Crippen molar-refractivity contribution >= 4 is 29.9 Å². The summed E-state index contributed by atoms with van der Waals surface area (Å²) < 4.78 is 11.0. The molecule has 0 amide bonds. The van der Waals surface area contributed by atoms with Gasteiger partial charge in [0.1, 0.15) is 0 Å². The van der Waals surface area contributed by atoms with E-state index in [9.17, 15) is 5.11 Å². The lowest BCUT2D eigenvalue weighted by atomic mass is 9.94. The van der Waals surface area contributed by atoms with E-state index in [4.69, 9.17) is 14.5 Å². The van der Waals surface area contributed by atoms with Gasteiger partial charge in [-0.2, -0.15) is 0 Å². The molecule has 1 aromatic rings. The lowest BCUT2D eigenvalue weighted by Gasteiger charge is -2.17. The number of rotatable bonds is 14. The van der Waals surface area contributed by atoms with Crippen molar-refractivity contribution in [2.24, 2.45) is 16.8 Å². The van der Waals surface area contributed by atoms with E-state index in [0.717, 1.165) is 62.8 Å². The van der Waals surface area contributed by atoms with Crippen molar-refractivity contribution in [1.29, 1.82) is 0 Å². The summed E-state index contributed by atoms with van der Waals surface area (Å²) in [5, 5.41) is 16.0. The topological polar surface area (TPSA) is 75.1 Å². The molecule has 0 radical (unpaired) electrons. The Bertz CT molecular complexity index is 597. The Hall–Kier alpha value is -1.22. The standard InChI is InChI=1S/C23H41N3O3.HI/c1-6-24-23(26-17-20(12-14-27)15-18(3)4)25-13-8-9-19-10-11-21(28-5)22(16-19)29-7-2;/h10-11,16,18,20,27H,6-9,12-15,17H2,1-5H3,(H2,24,25,26);1H. The number of aliphatic hydroxyl groups is 1. The van der Waals surface area contributed by atoms with Crippen LogP contribution in [0, 0.1) is 11.8 Å². The molecule has 6 nitrogen and oxygen atoms in total. The van der Waals surface area contributed by atoms with E-state index in [2.05, 4.69) is 43.5 Å². The molecule has 0 aliphatic rings. The van der Waals surface area contributed by atoms with Crippen molar-refractivity contribution in [1.82, 2.24) is 10.6 Å². The number of aryl methyl sites for hydroxylation is 1. The zero-order valence-electron chi connectivity index (χ0n) is 19.4. The molecular weight excluding hydrogens is 493 g/mol. The summed E-state index contributed by atoms with van der Waals surface area (Å²) in [5.41, 5.74) is 1.23. The van der Waals surface area contributed by atoms with Crippen LogP contribution in [-0.4, -0.2) is 51.0 Å². The van der Waals surface area contributed by atoms with E-state index in [-0.39, 0.29) is 30.6 Å². The Morgan fingerprint density at radius 3 is 2.53 bits per heavy atom. The molecule has 1 unspecified atom stereocenters. The Balaban J connectivity index is 0.00000841. The molecule has 0 saturated carbocycles. The third-order valence-corrected chi connectivity index (χ3v) is 4.66. The van der Waals surface area contributed by atoms with Crippen LogP contribution in [0.15, 0.2) is 23.2 Å². The van der Waals surface area contributed by atoms with Crippen molar-refractivity contribution < 1.29 is 14.6 Å². The summed E-state index contributed by atoms with van der Waals surface area (Å²) in [6, 6.07) is 6.12. The number of hydrogen-bond acceptors (Lipinski definition) is 4. The van der Waals surface area contributed by atoms with Crippen LogP contribution in [-0.2, 0) is 6.42 Å². The maximum Gasteiger partial charge on any atom is 0.191 e. The fourth-order valence-electron chi connectivity index (χ4n) is 3.34. The number of guanidine groups is 1. The first-order chi connectivity index (χ1) is 14.0. The number of nitrogens with one attached hydrogen (secondary N) is 2. The van der Waals surface area contributed by atoms with Gasteiger partial charge in [0.15, 0.2) is 17.5 Å². The predicted molar refractivity (Wildman–Crippen MR) is 137 cm³/mol. The molecule has 0 aromatic heterocycles. The molecular formula is C23H42IN3O3. The molecule has 0 aliphatic heterocycles. The summed E-state index contributed by atoms with van der Waals surface area (Å²) in [4.78, 5) is 4.74. The van der Waals surface area contributed by atoms with Crippen LogP contribution in [0.1, 0.15) is 52.5 Å². The van der Waals surface area contributed by atoms with Gasteiger partial charge < -0.3 is 25.2 Å². The molecule has 0 heterocycles. The molecule has 1 aromatic carbocycles. The first-order valence-electron chi connectivity index (χ1n) is 11.0. The fourth-order valence-corrected chi connectivity index (χ4v) is 3.34. The predicted octanol–water partition coefficient (Wildman–Crippen LogP) is 4.24. The summed E-state index contributed by atoms with van der Waals surface area (Å²) >= 11 is 0. The molecule has 7 heteroatoms. The number of benzene rings is 1. The van der Waals surface area contributed by atoms with Crippen LogP contribution < -0.4 is 20.1 Å². The Morgan fingerprint density at radius 1 is 1.17 bits per heavy atom. The second-order valence-electron chi connectivity index (χ2n) is 7.68. The molecule has 1 rings (SSSR count).